The minimum Gasteiger partial charge on any atom is -1.00 e. The van der Waals surface area contributed by atoms with Gasteiger partial charge in [-0.1, -0.05) is 188 Å². The molecule has 2 unspecified atom stereocenters. The van der Waals surface area contributed by atoms with Crippen LogP contribution in [0.4, 0.5) is 0 Å². The van der Waals surface area contributed by atoms with Crippen molar-refractivity contribution in [3.63, 3.8) is 0 Å². The third-order valence-corrected chi connectivity index (χ3v) is 24.2. The molecule has 720 valence electrons. The Kier molecular flexibility index (Phi) is 25.4. The zero-order valence-electron chi connectivity index (χ0n) is 131. The minimum absolute atomic E-state index is 0. The summed E-state index contributed by atoms with van der Waals surface area (Å²) in [5, 5.41) is 68.2. The number of nitrogens with one attached hydrogen (secondary N) is 6. The number of rotatable bonds is 30. The smallest absolute Gasteiger partial charge is 0.118 e. The van der Waals surface area contributed by atoms with Crippen molar-refractivity contribution in [1.29, 1.82) is 0 Å². The number of hydrogen-bond acceptors (Lipinski definition) is 12. The van der Waals surface area contributed by atoms with E-state index in [-0.39, 0.29) is 184 Å². The van der Waals surface area contributed by atoms with Crippen molar-refractivity contribution in [2.24, 2.45) is 0 Å². The lowest BCUT2D eigenvalue weighted by Gasteiger charge is -2.39. The van der Waals surface area contributed by atoms with Crippen molar-refractivity contribution in [2.75, 3.05) is 165 Å². The van der Waals surface area contributed by atoms with Crippen molar-refractivity contribution in [3.8, 4) is 34.5 Å². The van der Waals surface area contributed by atoms with E-state index in [0.717, 1.165) is 77.0 Å². The molecule has 0 saturated heterocycles. The fraction of sp³-hybridized carbons (Fsp3) is 0.647. The Hall–Kier alpha value is -4.62. The van der Waals surface area contributed by atoms with Crippen LogP contribution in [-0.2, 0) is 0 Å². The van der Waals surface area contributed by atoms with Gasteiger partial charge in [-0.15, -0.1) is 0 Å². The molecule has 0 radical (unpaired) electrons. The van der Waals surface area contributed by atoms with Crippen molar-refractivity contribution in [3.05, 3.63) is 179 Å². The molecule has 12 N–H and O–H groups in total. The Morgan fingerprint density at radius 3 is 0.492 bits per heavy atom. The van der Waals surface area contributed by atoms with Crippen LogP contribution in [0.25, 0.3) is 0 Å². The largest absolute Gasteiger partial charge is 1.00 e. The van der Waals surface area contributed by atoms with E-state index in [1.165, 1.54) is 109 Å². The van der Waals surface area contributed by atoms with E-state index in [2.05, 4.69) is 0 Å². The molecule has 126 heavy (non-hydrogen) atoms. The summed E-state index contributed by atoms with van der Waals surface area (Å²) in [6.07, 6.45) is 17.2. The maximum atomic E-state index is 11.4. The average Bonchev–Trinajstić information content (AvgIpc) is 0.733. The summed E-state index contributed by atoms with van der Waals surface area (Å²) >= 11 is 0. The van der Waals surface area contributed by atoms with Gasteiger partial charge >= 0.3 is 0 Å². The van der Waals surface area contributed by atoms with Crippen LogP contribution >= 0.6 is 0 Å². The molecule has 0 bridgehead atoms. The molecule has 6 fully saturated rings. The van der Waals surface area contributed by atoms with Crippen LogP contribution in [0.1, 0.15) is 344 Å². The molecule has 6 aromatic carbocycles. The molecule has 6 saturated carbocycles. The van der Waals surface area contributed by atoms with E-state index in [1.54, 1.807) is 36.4 Å². The first-order valence-electron chi connectivity index (χ1n) is 71.3. The number of quaternary nitrogens is 6. The Bertz CT molecular complexity index is 5460. The van der Waals surface area contributed by atoms with E-state index >= 15 is 0 Å². The molecular weight excluding hydrogens is 1710 g/mol. The Morgan fingerprint density at radius 2 is 0.357 bits per heavy atom. The van der Waals surface area contributed by atoms with Gasteiger partial charge in [0.25, 0.3) is 0 Å². The lowest BCUT2D eigenvalue weighted by Crippen LogP contribution is -3.06. The minimum atomic E-state index is -3.22. The molecule has 6 aliphatic carbocycles. The summed E-state index contributed by atoms with van der Waals surface area (Å²) in [6.45, 7) is -45.6. The predicted octanol–water partition coefficient (Wildman–Crippen LogP) is -8.27. The average molecular weight is 1940 g/mol. The zero-order chi connectivity index (χ0) is 138. The van der Waals surface area contributed by atoms with Gasteiger partial charge in [-0.25, -0.2) is 0 Å². The van der Waals surface area contributed by atoms with Gasteiger partial charge in [0.1, 0.15) is 34.5 Å². The molecule has 0 aliphatic heterocycles. The lowest BCUT2D eigenvalue weighted by molar-refractivity contribution is -0.860. The quantitative estimate of drug-likeness (QED) is 0.0204. The Labute approximate surface area is 883 Å². The highest BCUT2D eigenvalue weighted by Crippen LogP contribution is 2.46. The third-order valence-electron chi connectivity index (χ3n) is 24.2. The van der Waals surface area contributed by atoms with Crippen LogP contribution in [0.3, 0.4) is 0 Å². The predicted molar refractivity (Wildman–Crippen MR) is 489 cm³/mol. The van der Waals surface area contributed by atoms with Gasteiger partial charge in [-0.05, 0) is 183 Å². The number of aliphatic hydroxyl groups is 6. The number of ether oxygens (including phenoxy) is 6. The van der Waals surface area contributed by atoms with Crippen molar-refractivity contribution in [1.82, 2.24) is 0 Å². The fourth-order valence-corrected chi connectivity index (χ4v) is 17.9. The zero-order valence-corrected chi connectivity index (χ0v) is 75.1. The normalized spacial score (nSPS) is 28.1. The molecule has 0 heterocycles. The van der Waals surface area contributed by atoms with Gasteiger partial charge in [0, 0.05) is 0 Å². The molecule has 0 amide bonds. The summed E-state index contributed by atoms with van der Waals surface area (Å²) < 4.78 is 487. The van der Waals surface area contributed by atoms with Crippen LogP contribution < -0.4 is 132 Å². The molecule has 6 atom stereocenters. The number of benzene rings is 6. The van der Waals surface area contributed by atoms with Crippen LogP contribution in [0.2, 0.25) is 0 Å². The highest BCUT2D eigenvalue weighted by molar-refractivity contribution is 5.37. The molecular formula is C102H168Cl6N6O12. The second-order valence-corrected chi connectivity index (χ2v) is 32.6. The Balaban J connectivity index is 0.00000111. The number of likely N-dealkylation sites (N-methyl/N-ethyl adjacent to an activating group) is 6. The highest BCUT2D eigenvalue weighted by Gasteiger charge is 2.46. The van der Waals surface area contributed by atoms with Gasteiger partial charge < -0.3 is 163 Å². The van der Waals surface area contributed by atoms with Crippen molar-refractivity contribution < 1.29 is 245 Å². The van der Waals surface area contributed by atoms with E-state index < -0.39 is 244 Å². The monoisotopic (exact) mass is 1940 g/mol. The number of halogens is 6. The van der Waals surface area contributed by atoms with E-state index in [4.69, 9.17) is 111 Å². The maximum Gasteiger partial charge on any atom is 0.118 e. The van der Waals surface area contributed by atoms with Crippen LogP contribution in [0, 0.1) is 0 Å². The molecule has 0 aromatic heterocycles. The first-order valence-corrected chi connectivity index (χ1v) is 41.3. The second kappa shape index (κ2) is 59.8. The fourth-order valence-electron chi connectivity index (χ4n) is 17.9. The van der Waals surface area contributed by atoms with Crippen LogP contribution in [0.5, 0.6) is 34.5 Å². The van der Waals surface area contributed by atoms with Crippen LogP contribution in [-0.4, -0.2) is 229 Å². The van der Waals surface area contributed by atoms with E-state index in [9.17, 15) is 30.6 Å². The Morgan fingerprint density at radius 1 is 0.222 bits per heavy atom. The number of methoxy groups -OCH3 is 6. The molecule has 6 aliphatic rings. The van der Waals surface area contributed by atoms with Gasteiger partial charge in [-0.2, -0.15) is 0 Å². The van der Waals surface area contributed by atoms with Crippen molar-refractivity contribution >= 4 is 0 Å². The van der Waals surface area contributed by atoms with E-state index in [0.29, 0.717) is 93.7 Å². The standard InChI is InChI=1S/6C17H27NO2.6ClH/c6*1-18(2)13-16(17(19)11-5-4-6-12-17)14-7-9-15(20-3)10-8-14;;;;;;/h6*7-10,16,19H,4-6,11-13H2,1-3H3;6*1H/t4*16-;;;;;;;;/m1100......../s1/i1D3,2D3,3D3,13D2;1D3,2D3,3D3;1D3,2D3,3D3,13D2;1D3,2D3,3D3;1D3,2D3,3D3,13D2;1D3,2D3,3D3;;;;;;. The van der Waals surface area contributed by atoms with Gasteiger partial charge in [0.05, 0.1) is 316 Å². The molecule has 12 rings (SSSR count). The summed E-state index contributed by atoms with van der Waals surface area (Å²) in [6, 6.07) is 33.7. The van der Waals surface area contributed by atoms with Gasteiger partial charge in [0.2, 0.25) is 0 Å². The maximum absolute atomic E-state index is 11.4. The summed E-state index contributed by atoms with van der Waals surface area (Å²) in [4.78, 5) is -5.39. The first kappa shape index (κ1) is 53.5. The molecule has 18 nitrogen and oxygen atoms in total. The molecule has 6 aromatic rings. The molecule has 24 heteroatoms. The summed E-state index contributed by atoms with van der Waals surface area (Å²) in [7, 11) is -15.9. The van der Waals surface area contributed by atoms with Gasteiger partial charge in [-0.3, -0.25) is 0 Å². The second-order valence-electron chi connectivity index (χ2n) is 32.6. The topological polar surface area (TPSA) is 203 Å². The van der Waals surface area contributed by atoms with Crippen molar-refractivity contribution in [2.45, 2.75) is 262 Å². The first-order chi connectivity index (χ1) is 81.0. The third kappa shape index (κ3) is 37.4. The van der Waals surface area contributed by atoms with Gasteiger partial charge in [0.15, 0.2) is 0 Å². The molecule has 0 spiro atoms. The van der Waals surface area contributed by atoms with Crippen LogP contribution in [0.15, 0.2) is 146 Å². The number of hydrogen-bond donors (Lipinski definition) is 12. The SMILES string of the molecule is [2H]C([2H])([2H])Oc1ccc(C(C2(O)CCCCC2)C([2H])([2H])[NH+](C([2H])([2H])[2H])C([2H])([2H])[2H])cc1.[2H]C([2H])([2H])Oc1ccc(C(C[NH+](C([2H])([2H])[2H])C([2H])([2H])[2H])C2(O)CCCCC2)cc1.[2H]C([2H])([2H])Oc1ccc([C@@H](C2(O)CCCCC2)C([2H])([2H])[NH+](C([2H])([2H])[2H])C([2H])([2H])[2H])cc1.[2H]C([2H])([2H])Oc1ccc([C@@H](C[NH+](C([2H])([2H])[2H])C([2H])([2H])[2H])C2(O)CCCCC2)cc1.[2H]C([2H])([2H])Oc1ccc([C@H](C2(O)CCCCC2)C([2H])([2H])[NH+](C([2H])([2H])[2H])C([2H])([2H])[2H])cc1.[2H]C([2H])([2H])Oc1ccc([C@H](C[NH+](C([2H])([2H])[2H])C([2H])([2H])[2H])C2(O)CCCCC2)cc1.[Cl-].[Cl-].[Cl-].[Cl-].[Cl-].[Cl-]. The van der Waals surface area contributed by atoms with E-state index in [1.807, 2.05) is 0 Å². The highest BCUT2D eigenvalue weighted by atomic mass is 35.5. The summed E-state index contributed by atoms with van der Waals surface area (Å²) in [5.74, 6) is -6.40. The lowest BCUT2D eigenvalue weighted by atomic mass is 9.72. The summed E-state index contributed by atoms with van der Waals surface area (Å²) in [5.41, 5.74) is -6.54.